The highest BCUT2D eigenvalue weighted by molar-refractivity contribution is 5.83. The molecule has 1 N–H and O–H groups in total. The summed E-state index contributed by atoms with van der Waals surface area (Å²) in [5.74, 6) is 0.495. The Balaban J connectivity index is 1.61. The zero-order valence-corrected chi connectivity index (χ0v) is 13.6. The van der Waals surface area contributed by atoms with Crippen molar-refractivity contribution in [2.24, 2.45) is 5.92 Å². The summed E-state index contributed by atoms with van der Waals surface area (Å²) in [7, 11) is 0. The maximum Gasteiger partial charge on any atom is 0.0895 e. The van der Waals surface area contributed by atoms with Gasteiger partial charge >= 0.3 is 0 Å². The molecule has 1 fully saturated rings. The highest BCUT2D eigenvalue weighted by Gasteiger charge is 2.39. The first-order valence-corrected chi connectivity index (χ1v) is 8.86. The lowest BCUT2D eigenvalue weighted by atomic mass is 9.77. The quantitative estimate of drug-likeness (QED) is 0.642. The van der Waals surface area contributed by atoms with Crippen LogP contribution in [0.1, 0.15) is 36.1 Å². The van der Waals surface area contributed by atoms with Crippen molar-refractivity contribution < 1.29 is 4.74 Å². The third-order valence-corrected chi connectivity index (χ3v) is 5.51. The Morgan fingerprint density at radius 1 is 0.875 bits per heavy atom. The van der Waals surface area contributed by atoms with Gasteiger partial charge in [-0.1, -0.05) is 54.6 Å². The molecule has 2 heteroatoms. The second kappa shape index (κ2) is 5.64. The molecule has 3 atom stereocenters. The fourth-order valence-electron chi connectivity index (χ4n) is 4.35. The van der Waals surface area contributed by atoms with Crippen LogP contribution in [0.3, 0.4) is 0 Å². The first kappa shape index (κ1) is 14.1. The summed E-state index contributed by atoms with van der Waals surface area (Å²) in [5, 5.41) is 6.41. The van der Waals surface area contributed by atoms with Crippen molar-refractivity contribution in [2.75, 3.05) is 11.9 Å². The average molecular weight is 315 g/mol. The maximum absolute atomic E-state index is 6.21. The van der Waals surface area contributed by atoms with E-state index in [1.807, 2.05) is 0 Å². The highest BCUT2D eigenvalue weighted by atomic mass is 16.5. The number of hydrogen-bond donors (Lipinski definition) is 1. The Morgan fingerprint density at radius 3 is 2.67 bits per heavy atom. The van der Waals surface area contributed by atoms with Crippen molar-refractivity contribution in [3.8, 4) is 0 Å². The first-order valence-electron chi connectivity index (χ1n) is 8.86. The van der Waals surface area contributed by atoms with Crippen molar-refractivity contribution in [2.45, 2.75) is 25.0 Å². The lowest BCUT2D eigenvalue weighted by molar-refractivity contribution is -0.0381. The van der Waals surface area contributed by atoms with Crippen LogP contribution in [0.25, 0.3) is 10.8 Å². The lowest BCUT2D eigenvalue weighted by Crippen LogP contribution is -2.35. The Labute approximate surface area is 142 Å². The van der Waals surface area contributed by atoms with Gasteiger partial charge in [-0.3, -0.25) is 0 Å². The molecule has 24 heavy (non-hydrogen) atoms. The minimum atomic E-state index is 0.215. The third kappa shape index (κ3) is 2.22. The summed E-state index contributed by atoms with van der Waals surface area (Å²) in [6.45, 7) is 0.875. The topological polar surface area (TPSA) is 21.3 Å². The molecule has 0 spiro atoms. The Bertz CT molecular complexity index is 888. The molecule has 0 amide bonds. The van der Waals surface area contributed by atoms with E-state index < -0.39 is 0 Å². The van der Waals surface area contributed by atoms with Gasteiger partial charge in [0.2, 0.25) is 0 Å². The summed E-state index contributed by atoms with van der Waals surface area (Å²) in [6.07, 6.45) is 2.58. The van der Waals surface area contributed by atoms with Gasteiger partial charge in [0.15, 0.2) is 0 Å². The van der Waals surface area contributed by atoms with Crippen molar-refractivity contribution in [3.05, 3.63) is 77.9 Å². The van der Waals surface area contributed by atoms with Crippen LogP contribution in [-0.4, -0.2) is 6.61 Å². The zero-order chi connectivity index (χ0) is 15.9. The van der Waals surface area contributed by atoms with E-state index >= 15 is 0 Å². The molecule has 0 unspecified atom stereocenters. The lowest BCUT2D eigenvalue weighted by Gasteiger charge is -2.43. The van der Waals surface area contributed by atoms with Gasteiger partial charge in [-0.2, -0.15) is 0 Å². The van der Waals surface area contributed by atoms with Gasteiger partial charge in [-0.15, -0.1) is 0 Å². The molecule has 0 radical (unpaired) electrons. The summed E-state index contributed by atoms with van der Waals surface area (Å²) >= 11 is 0. The maximum atomic E-state index is 6.21. The molecule has 2 nitrogen and oxygen atoms in total. The Hall–Kier alpha value is -2.32. The number of anilines is 1. The van der Waals surface area contributed by atoms with E-state index in [9.17, 15) is 0 Å². The van der Waals surface area contributed by atoms with Crippen LogP contribution in [0.15, 0.2) is 66.7 Å². The van der Waals surface area contributed by atoms with E-state index in [0.717, 1.165) is 13.0 Å². The molecule has 2 aliphatic rings. The van der Waals surface area contributed by atoms with E-state index in [1.165, 1.54) is 34.0 Å². The van der Waals surface area contributed by atoms with Crippen molar-refractivity contribution in [3.63, 3.8) is 0 Å². The minimum Gasteiger partial charge on any atom is -0.378 e. The van der Waals surface area contributed by atoms with Crippen LogP contribution in [-0.2, 0) is 4.74 Å². The van der Waals surface area contributed by atoms with Gasteiger partial charge in [0.25, 0.3) is 0 Å². The number of ether oxygens (including phenoxy) is 1. The number of fused-ring (bicyclic) bond motifs is 4. The predicted octanol–water partition coefficient (Wildman–Crippen LogP) is 5.47. The summed E-state index contributed by atoms with van der Waals surface area (Å²) in [5.41, 5.74) is 3.90. The summed E-state index contributed by atoms with van der Waals surface area (Å²) in [6, 6.07) is 24.4. The molecule has 0 aliphatic carbocycles. The third-order valence-electron chi connectivity index (χ3n) is 5.51. The van der Waals surface area contributed by atoms with Crippen LogP contribution in [0.5, 0.6) is 0 Å². The number of rotatable bonds is 1. The van der Waals surface area contributed by atoms with Gasteiger partial charge in [0.05, 0.1) is 12.1 Å². The molecule has 5 rings (SSSR count). The second-order valence-electron chi connectivity index (χ2n) is 6.91. The molecule has 0 aromatic heterocycles. The van der Waals surface area contributed by atoms with Crippen molar-refractivity contribution >= 4 is 16.5 Å². The molecule has 0 bridgehead atoms. The summed E-state index contributed by atoms with van der Waals surface area (Å²) < 4.78 is 6.21. The van der Waals surface area contributed by atoms with E-state index in [0.29, 0.717) is 12.0 Å². The molecular formula is C22H21NO. The van der Waals surface area contributed by atoms with Crippen molar-refractivity contribution in [1.29, 1.82) is 0 Å². The fourth-order valence-corrected chi connectivity index (χ4v) is 4.35. The molecule has 3 aromatic rings. The SMILES string of the molecule is c1ccc2c(c1)N[C@@H](c1ccc3ccccc3c1)[C@@H]1CCCO[C@H]21. The smallest absolute Gasteiger partial charge is 0.0895 e. The molecular weight excluding hydrogens is 294 g/mol. The average Bonchev–Trinajstić information content (AvgIpc) is 2.67. The fraction of sp³-hybridized carbons (Fsp3) is 0.273. The molecule has 120 valence electrons. The minimum absolute atomic E-state index is 0.215. The Morgan fingerprint density at radius 2 is 1.71 bits per heavy atom. The van der Waals surface area contributed by atoms with Crippen molar-refractivity contribution in [1.82, 2.24) is 0 Å². The standard InChI is InChI=1S/C22H21NO/c1-2-7-16-14-17(12-11-15(16)6-1)21-19-9-5-13-24-22(19)18-8-3-4-10-20(18)23-21/h1-4,6-8,10-12,14,19,21-23H,5,9,13H2/t19-,21-,22+/m0/s1. The normalized spacial score (nSPS) is 25.6. The largest absolute Gasteiger partial charge is 0.378 e. The molecule has 1 saturated heterocycles. The summed E-state index contributed by atoms with van der Waals surface area (Å²) in [4.78, 5) is 0. The number of nitrogens with one attached hydrogen (secondary N) is 1. The van der Waals surface area contributed by atoms with Crippen LogP contribution >= 0.6 is 0 Å². The van der Waals surface area contributed by atoms with Crippen LogP contribution < -0.4 is 5.32 Å². The first-order chi connectivity index (χ1) is 11.9. The monoisotopic (exact) mass is 315 g/mol. The molecule has 2 aliphatic heterocycles. The Kier molecular flexibility index (Phi) is 3.30. The van der Waals surface area contributed by atoms with Gasteiger partial charge in [0, 0.05) is 23.8 Å². The van der Waals surface area contributed by atoms with E-state index in [2.05, 4.69) is 72.0 Å². The van der Waals surface area contributed by atoms with Crippen LogP contribution in [0.4, 0.5) is 5.69 Å². The molecule has 0 saturated carbocycles. The molecule has 3 aromatic carbocycles. The predicted molar refractivity (Wildman–Crippen MR) is 98.2 cm³/mol. The van der Waals surface area contributed by atoms with E-state index in [1.54, 1.807) is 0 Å². The van der Waals surface area contributed by atoms with E-state index in [-0.39, 0.29) is 6.10 Å². The van der Waals surface area contributed by atoms with E-state index in [4.69, 9.17) is 4.74 Å². The number of para-hydroxylation sites is 1. The zero-order valence-electron chi connectivity index (χ0n) is 13.6. The van der Waals surface area contributed by atoms with Gasteiger partial charge in [0.1, 0.15) is 0 Å². The van der Waals surface area contributed by atoms with Crippen LogP contribution in [0, 0.1) is 5.92 Å². The number of benzene rings is 3. The van der Waals surface area contributed by atoms with Gasteiger partial charge < -0.3 is 10.1 Å². The molecule has 2 heterocycles. The highest BCUT2D eigenvalue weighted by Crippen LogP contribution is 2.49. The second-order valence-corrected chi connectivity index (χ2v) is 6.91. The van der Waals surface area contributed by atoms with Gasteiger partial charge in [-0.05, 0) is 41.3 Å². The van der Waals surface area contributed by atoms with Gasteiger partial charge in [-0.25, -0.2) is 0 Å². The van der Waals surface area contributed by atoms with Crippen LogP contribution in [0.2, 0.25) is 0 Å². The number of hydrogen-bond acceptors (Lipinski definition) is 2.